The number of hydrogen-bond donors (Lipinski definition) is 1. The number of Topliss-reactive ketones (excluding diaryl/α,β-unsaturated/α-hetero) is 1. The van der Waals surface area contributed by atoms with Gasteiger partial charge in [-0.1, -0.05) is 27.7 Å². The van der Waals surface area contributed by atoms with E-state index < -0.39 is 5.97 Å². The molecule has 0 bridgehead atoms. The highest BCUT2D eigenvalue weighted by Crippen LogP contribution is 2.30. The number of carboxylic acid groups (broad SMARTS) is 1. The van der Waals surface area contributed by atoms with Gasteiger partial charge >= 0.3 is 5.97 Å². The highest BCUT2D eigenvalue weighted by molar-refractivity contribution is 5.97. The van der Waals surface area contributed by atoms with E-state index in [1.54, 1.807) is 6.92 Å². The van der Waals surface area contributed by atoms with E-state index in [1.165, 1.54) is 5.56 Å². The van der Waals surface area contributed by atoms with Crippen molar-refractivity contribution >= 4 is 11.8 Å². The molecule has 21 heavy (non-hydrogen) atoms. The van der Waals surface area contributed by atoms with Gasteiger partial charge in [0.15, 0.2) is 5.78 Å². The van der Waals surface area contributed by atoms with E-state index in [2.05, 4.69) is 20.8 Å². The lowest BCUT2D eigenvalue weighted by Crippen LogP contribution is -2.17. The number of carbonyl (C=O) groups is 2. The summed E-state index contributed by atoms with van der Waals surface area (Å²) in [6.07, 6.45) is 0.309. The summed E-state index contributed by atoms with van der Waals surface area (Å²) in [5.41, 5.74) is 4.26. The number of hydrogen-bond acceptors (Lipinski definition) is 2. The number of aryl methyl sites for hydroxylation is 2. The van der Waals surface area contributed by atoms with Crippen LogP contribution in [0.5, 0.6) is 0 Å². The van der Waals surface area contributed by atoms with Crippen LogP contribution < -0.4 is 0 Å². The van der Waals surface area contributed by atoms with Gasteiger partial charge < -0.3 is 5.11 Å². The second kappa shape index (κ2) is 6.42. The lowest BCUT2D eigenvalue weighted by molar-refractivity contribution is -0.137. The third kappa shape index (κ3) is 4.69. The van der Waals surface area contributed by atoms with Crippen LogP contribution in [-0.2, 0) is 10.2 Å². The molecule has 1 rings (SSSR count). The van der Waals surface area contributed by atoms with Crippen LogP contribution >= 0.6 is 0 Å². The summed E-state index contributed by atoms with van der Waals surface area (Å²) in [4.78, 5) is 23.0. The maximum atomic E-state index is 12.3. The lowest BCUT2D eigenvalue weighted by atomic mass is 9.80. The van der Waals surface area contributed by atoms with Crippen molar-refractivity contribution in [2.24, 2.45) is 5.92 Å². The summed E-state index contributed by atoms with van der Waals surface area (Å²) in [7, 11) is 0. The largest absolute Gasteiger partial charge is 0.481 e. The Morgan fingerprint density at radius 2 is 1.57 bits per heavy atom. The SMILES string of the molecule is Cc1cc(C(=O)C[C@H](C)CC(=O)O)cc(C)c1C(C)(C)C. The van der Waals surface area contributed by atoms with Crippen molar-refractivity contribution in [3.8, 4) is 0 Å². The molecule has 0 radical (unpaired) electrons. The van der Waals surface area contributed by atoms with Crippen LogP contribution in [0.25, 0.3) is 0 Å². The predicted octanol–water partition coefficient (Wildman–Crippen LogP) is 4.28. The number of benzene rings is 1. The maximum absolute atomic E-state index is 12.3. The summed E-state index contributed by atoms with van der Waals surface area (Å²) >= 11 is 0. The Bertz CT molecular complexity index is 527. The van der Waals surface area contributed by atoms with E-state index in [-0.39, 0.29) is 30.0 Å². The molecule has 0 aromatic heterocycles. The Hall–Kier alpha value is -1.64. The van der Waals surface area contributed by atoms with Crippen molar-refractivity contribution < 1.29 is 14.7 Å². The van der Waals surface area contributed by atoms with Crippen LogP contribution in [0.3, 0.4) is 0 Å². The molecule has 1 atom stereocenters. The summed E-state index contributed by atoms with van der Waals surface area (Å²) in [6.45, 7) is 12.4. The van der Waals surface area contributed by atoms with Crippen molar-refractivity contribution in [3.63, 3.8) is 0 Å². The lowest BCUT2D eigenvalue weighted by Gasteiger charge is -2.25. The van der Waals surface area contributed by atoms with E-state index >= 15 is 0 Å². The average Bonchev–Trinajstić information content (AvgIpc) is 2.24. The zero-order valence-electron chi connectivity index (χ0n) is 13.9. The molecule has 0 heterocycles. The van der Waals surface area contributed by atoms with Crippen molar-refractivity contribution in [2.45, 2.75) is 59.8 Å². The fraction of sp³-hybridized carbons (Fsp3) is 0.556. The Balaban J connectivity index is 3.01. The molecule has 1 aromatic rings. The topological polar surface area (TPSA) is 54.4 Å². The fourth-order valence-corrected chi connectivity index (χ4v) is 3.11. The van der Waals surface area contributed by atoms with Crippen LogP contribution in [0, 0.1) is 19.8 Å². The molecule has 1 aromatic carbocycles. The molecule has 0 amide bonds. The molecular weight excluding hydrogens is 264 g/mol. The second-order valence-corrected chi connectivity index (χ2v) is 7.07. The number of carboxylic acids is 1. The first-order valence-electron chi connectivity index (χ1n) is 7.39. The first-order chi connectivity index (χ1) is 9.52. The number of aliphatic carboxylic acids is 1. The minimum atomic E-state index is -0.856. The third-order valence-electron chi connectivity index (χ3n) is 3.66. The van der Waals surface area contributed by atoms with Crippen LogP contribution in [-0.4, -0.2) is 16.9 Å². The standard InChI is InChI=1S/C18H26O3/c1-11(8-16(20)21)7-15(19)14-9-12(2)17(13(3)10-14)18(4,5)6/h9-11H,7-8H2,1-6H3,(H,20,21)/t11-/m0/s1. The summed E-state index contributed by atoms with van der Waals surface area (Å²) in [5.74, 6) is -0.973. The smallest absolute Gasteiger partial charge is 0.303 e. The zero-order valence-corrected chi connectivity index (χ0v) is 13.9. The van der Waals surface area contributed by atoms with Gasteiger partial charge in [0.1, 0.15) is 0 Å². The summed E-state index contributed by atoms with van der Waals surface area (Å²) < 4.78 is 0. The molecule has 0 aliphatic heterocycles. The van der Waals surface area contributed by atoms with Crippen molar-refractivity contribution in [3.05, 3.63) is 34.4 Å². The Morgan fingerprint density at radius 3 is 1.95 bits per heavy atom. The van der Waals surface area contributed by atoms with Crippen molar-refractivity contribution in [1.29, 1.82) is 0 Å². The molecule has 3 nitrogen and oxygen atoms in total. The zero-order chi connectivity index (χ0) is 16.4. The molecule has 0 saturated carbocycles. The first-order valence-corrected chi connectivity index (χ1v) is 7.39. The van der Waals surface area contributed by atoms with Gasteiger partial charge in [-0.3, -0.25) is 9.59 Å². The normalized spacial score (nSPS) is 13.0. The Kier molecular flexibility index (Phi) is 5.32. The molecule has 3 heteroatoms. The monoisotopic (exact) mass is 290 g/mol. The summed E-state index contributed by atoms with van der Waals surface area (Å²) in [6, 6.07) is 3.87. The van der Waals surface area contributed by atoms with Crippen LogP contribution in [0.2, 0.25) is 0 Å². The van der Waals surface area contributed by atoms with E-state index in [0.29, 0.717) is 5.56 Å². The van der Waals surface area contributed by atoms with Crippen LogP contribution in [0.1, 0.15) is 67.6 Å². The first kappa shape index (κ1) is 17.4. The van der Waals surface area contributed by atoms with E-state index in [1.807, 2.05) is 26.0 Å². The van der Waals surface area contributed by atoms with Crippen molar-refractivity contribution in [2.75, 3.05) is 0 Å². The number of carbonyl (C=O) groups excluding carboxylic acids is 1. The molecule has 1 N–H and O–H groups in total. The summed E-state index contributed by atoms with van der Waals surface area (Å²) in [5, 5.41) is 8.77. The molecule has 116 valence electrons. The van der Waals surface area contributed by atoms with E-state index in [9.17, 15) is 9.59 Å². The van der Waals surface area contributed by atoms with Crippen molar-refractivity contribution in [1.82, 2.24) is 0 Å². The van der Waals surface area contributed by atoms with Crippen LogP contribution in [0.15, 0.2) is 12.1 Å². The Labute approximate surface area is 127 Å². The number of ketones is 1. The molecular formula is C18H26O3. The minimum Gasteiger partial charge on any atom is -0.481 e. The van der Waals surface area contributed by atoms with Gasteiger partial charge in [-0.2, -0.15) is 0 Å². The second-order valence-electron chi connectivity index (χ2n) is 7.07. The molecule has 0 aliphatic carbocycles. The highest BCUT2D eigenvalue weighted by Gasteiger charge is 2.21. The minimum absolute atomic E-state index is 0.0235. The quantitative estimate of drug-likeness (QED) is 0.823. The van der Waals surface area contributed by atoms with E-state index in [4.69, 9.17) is 5.11 Å². The highest BCUT2D eigenvalue weighted by atomic mass is 16.4. The maximum Gasteiger partial charge on any atom is 0.303 e. The average molecular weight is 290 g/mol. The molecule has 0 aliphatic rings. The predicted molar refractivity (Wildman–Crippen MR) is 85.0 cm³/mol. The number of rotatable bonds is 5. The van der Waals surface area contributed by atoms with Gasteiger partial charge in [0.2, 0.25) is 0 Å². The van der Waals surface area contributed by atoms with E-state index in [0.717, 1.165) is 11.1 Å². The molecule has 0 unspecified atom stereocenters. The molecule has 0 fully saturated rings. The molecule has 0 saturated heterocycles. The van der Waals surface area contributed by atoms with Gasteiger partial charge in [0.05, 0.1) is 0 Å². The van der Waals surface area contributed by atoms with Gasteiger partial charge in [-0.25, -0.2) is 0 Å². The molecule has 0 spiro atoms. The van der Waals surface area contributed by atoms with Crippen LogP contribution in [0.4, 0.5) is 0 Å². The Morgan fingerprint density at radius 1 is 1.10 bits per heavy atom. The van der Waals surface area contributed by atoms with Gasteiger partial charge in [-0.05, 0) is 54.0 Å². The fourth-order valence-electron chi connectivity index (χ4n) is 3.11. The van der Waals surface area contributed by atoms with Gasteiger partial charge in [0.25, 0.3) is 0 Å². The van der Waals surface area contributed by atoms with Gasteiger partial charge in [-0.15, -0.1) is 0 Å². The third-order valence-corrected chi connectivity index (χ3v) is 3.66. The van der Waals surface area contributed by atoms with Gasteiger partial charge in [0, 0.05) is 18.4 Å².